The summed E-state index contributed by atoms with van der Waals surface area (Å²) < 4.78 is 7.34. The van der Waals surface area contributed by atoms with Crippen molar-refractivity contribution in [2.45, 2.75) is 24.9 Å². The van der Waals surface area contributed by atoms with E-state index in [1.54, 1.807) is 17.1 Å². The Balaban J connectivity index is 1.95. The molecule has 17 heavy (non-hydrogen) atoms. The standard InChI is InChI=1S/C11H13N3O3/c15-5-9-8(16)4-10(17-9)14-6-13-7-2-1-3-12-11(7)14/h1-3,6,8-10,15-16H,4-5H2. The van der Waals surface area contributed by atoms with Crippen LogP contribution in [-0.4, -0.2) is 43.6 Å². The zero-order valence-corrected chi connectivity index (χ0v) is 9.10. The summed E-state index contributed by atoms with van der Waals surface area (Å²) >= 11 is 0. The van der Waals surface area contributed by atoms with Crippen LogP contribution in [0.25, 0.3) is 11.2 Å². The van der Waals surface area contributed by atoms with Crippen LogP contribution in [0.1, 0.15) is 12.6 Å². The number of aliphatic hydroxyl groups excluding tert-OH is 2. The number of nitrogens with zero attached hydrogens (tertiary/aromatic N) is 3. The lowest BCUT2D eigenvalue weighted by Gasteiger charge is -2.13. The maximum absolute atomic E-state index is 9.69. The second kappa shape index (κ2) is 4.06. The molecule has 6 nitrogen and oxygen atoms in total. The Morgan fingerprint density at radius 2 is 2.35 bits per heavy atom. The predicted octanol–water partition coefficient (Wildman–Crippen LogP) is 0.0720. The molecular formula is C11H13N3O3. The fraction of sp³-hybridized carbons (Fsp3) is 0.455. The Labute approximate surface area is 97.5 Å². The van der Waals surface area contributed by atoms with Crippen LogP contribution in [0.15, 0.2) is 24.7 Å². The monoisotopic (exact) mass is 235 g/mol. The molecule has 0 bridgehead atoms. The van der Waals surface area contributed by atoms with Crippen molar-refractivity contribution in [3.05, 3.63) is 24.7 Å². The largest absolute Gasteiger partial charge is 0.394 e. The number of pyridine rings is 1. The Kier molecular flexibility index (Phi) is 2.54. The highest BCUT2D eigenvalue weighted by molar-refractivity contribution is 5.70. The summed E-state index contributed by atoms with van der Waals surface area (Å²) in [7, 11) is 0. The number of hydrogen-bond acceptors (Lipinski definition) is 5. The molecule has 90 valence electrons. The first-order chi connectivity index (χ1) is 8.29. The first-order valence-corrected chi connectivity index (χ1v) is 5.51. The quantitative estimate of drug-likeness (QED) is 0.770. The fourth-order valence-electron chi connectivity index (χ4n) is 2.13. The van der Waals surface area contributed by atoms with E-state index in [1.165, 1.54) is 0 Å². The van der Waals surface area contributed by atoms with E-state index >= 15 is 0 Å². The van der Waals surface area contributed by atoms with E-state index in [1.807, 2.05) is 12.1 Å². The van der Waals surface area contributed by atoms with Crippen molar-refractivity contribution in [3.8, 4) is 0 Å². The Morgan fingerprint density at radius 3 is 3.12 bits per heavy atom. The second-order valence-corrected chi connectivity index (χ2v) is 4.11. The van der Waals surface area contributed by atoms with Gasteiger partial charge in [0, 0.05) is 12.6 Å². The van der Waals surface area contributed by atoms with E-state index in [2.05, 4.69) is 9.97 Å². The van der Waals surface area contributed by atoms with Crippen LogP contribution in [0.3, 0.4) is 0 Å². The third-order valence-corrected chi connectivity index (χ3v) is 3.03. The van der Waals surface area contributed by atoms with Crippen molar-refractivity contribution < 1.29 is 14.9 Å². The predicted molar refractivity (Wildman–Crippen MR) is 59.1 cm³/mol. The molecule has 6 heteroatoms. The van der Waals surface area contributed by atoms with Gasteiger partial charge in [0.15, 0.2) is 5.65 Å². The minimum absolute atomic E-state index is 0.183. The third-order valence-electron chi connectivity index (χ3n) is 3.03. The van der Waals surface area contributed by atoms with Crippen LogP contribution in [0.4, 0.5) is 0 Å². The molecule has 3 unspecified atom stereocenters. The van der Waals surface area contributed by atoms with Gasteiger partial charge in [-0.1, -0.05) is 0 Å². The van der Waals surface area contributed by atoms with E-state index in [0.717, 1.165) is 11.2 Å². The van der Waals surface area contributed by atoms with Gasteiger partial charge in [0.05, 0.1) is 19.0 Å². The van der Waals surface area contributed by atoms with Crippen LogP contribution in [-0.2, 0) is 4.74 Å². The van der Waals surface area contributed by atoms with Crippen molar-refractivity contribution in [2.75, 3.05) is 6.61 Å². The Morgan fingerprint density at radius 1 is 1.47 bits per heavy atom. The van der Waals surface area contributed by atoms with Gasteiger partial charge in [-0.25, -0.2) is 9.97 Å². The van der Waals surface area contributed by atoms with Crippen molar-refractivity contribution in [1.29, 1.82) is 0 Å². The average Bonchev–Trinajstić information content (AvgIpc) is 2.92. The summed E-state index contributed by atoms with van der Waals surface area (Å²) in [5.41, 5.74) is 1.52. The molecule has 0 aliphatic carbocycles. The highest BCUT2D eigenvalue weighted by Gasteiger charge is 2.35. The summed E-state index contributed by atoms with van der Waals surface area (Å²) in [6.45, 7) is -0.183. The van der Waals surface area contributed by atoms with Gasteiger partial charge in [0.1, 0.15) is 17.8 Å². The van der Waals surface area contributed by atoms with E-state index in [0.29, 0.717) is 6.42 Å². The highest BCUT2D eigenvalue weighted by atomic mass is 16.5. The van der Waals surface area contributed by atoms with Crippen LogP contribution < -0.4 is 0 Å². The SMILES string of the molecule is OCC1OC(n2cnc3cccnc32)CC1O. The zero-order chi connectivity index (χ0) is 11.8. The van der Waals surface area contributed by atoms with Gasteiger partial charge in [0.25, 0.3) is 0 Å². The van der Waals surface area contributed by atoms with E-state index < -0.39 is 12.2 Å². The molecule has 3 heterocycles. The number of aromatic nitrogens is 3. The Bertz CT molecular complexity index is 527. The summed E-state index contributed by atoms with van der Waals surface area (Å²) in [5, 5.41) is 18.7. The maximum atomic E-state index is 9.69. The first-order valence-electron chi connectivity index (χ1n) is 5.51. The minimum Gasteiger partial charge on any atom is -0.394 e. The summed E-state index contributed by atoms with van der Waals surface area (Å²) in [6.07, 6.45) is 2.28. The normalized spacial score (nSPS) is 28.9. The number of hydrogen-bond donors (Lipinski definition) is 2. The highest BCUT2D eigenvalue weighted by Crippen LogP contribution is 2.30. The second-order valence-electron chi connectivity index (χ2n) is 4.11. The minimum atomic E-state index is -0.647. The first kappa shape index (κ1) is 10.6. The maximum Gasteiger partial charge on any atom is 0.161 e. The molecular weight excluding hydrogens is 222 g/mol. The lowest BCUT2D eigenvalue weighted by molar-refractivity contribution is -0.0432. The molecule has 0 saturated carbocycles. The lowest BCUT2D eigenvalue weighted by atomic mass is 10.2. The number of ether oxygens (including phenoxy) is 1. The van der Waals surface area contributed by atoms with Crippen molar-refractivity contribution in [1.82, 2.24) is 14.5 Å². The number of aliphatic hydroxyl groups is 2. The van der Waals surface area contributed by atoms with E-state index in [4.69, 9.17) is 9.84 Å². The molecule has 1 aliphatic heterocycles. The van der Waals surface area contributed by atoms with E-state index in [9.17, 15) is 5.11 Å². The van der Waals surface area contributed by atoms with Gasteiger partial charge in [-0.15, -0.1) is 0 Å². The zero-order valence-electron chi connectivity index (χ0n) is 9.10. The smallest absolute Gasteiger partial charge is 0.161 e. The van der Waals surface area contributed by atoms with Crippen LogP contribution >= 0.6 is 0 Å². The molecule has 0 aromatic carbocycles. The molecule has 0 spiro atoms. The molecule has 1 saturated heterocycles. The summed E-state index contributed by atoms with van der Waals surface area (Å²) in [4.78, 5) is 8.45. The number of fused-ring (bicyclic) bond motifs is 1. The summed E-state index contributed by atoms with van der Waals surface area (Å²) in [6, 6.07) is 3.69. The molecule has 2 aromatic rings. The molecule has 1 aliphatic rings. The van der Waals surface area contributed by atoms with Gasteiger partial charge in [-0.3, -0.25) is 4.57 Å². The van der Waals surface area contributed by atoms with Crippen LogP contribution in [0, 0.1) is 0 Å². The summed E-state index contributed by atoms with van der Waals surface area (Å²) in [5.74, 6) is 0. The van der Waals surface area contributed by atoms with Crippen LogP contribution in [0.5, 0.6) is 0 Å². The van der Waals surface area contributed by atoms with Crippen molar-refractivity contribution >= 4 is 11.2 Å². The molecule has 0 amide bonds. The van der Waals surface area contributed by atoms with Gasteiger partial charge in [0.2, 0.25) is 0 Å². The Hall–Kier alpha value is -1.50. The fourth-order valence-corrected chi connectivity index (χ4v) is 2.13. The molecule has 1 fully saturated rings. The lowest BCUT2D eigenvalue weighted by Crippen LogP contribution is -2.24. The molecule has 0 radical (unpaired) electrons. The molecule has 3 atom stereocenters. The van der Waals surface area contributed by atoms with Gasteiger partial charge < -0.3 is 14.9 Å². The average molecular weight is 235 g/mol. The number of rotatable bonds is 2. The topological polar surface area (TPSA) is 80.4 Å². The van der Waals surface area contributed by atoms with Gasteiger partial charge >= 0.3 is 0 Å². The molecule has 3 rings (SSSR count). The third kappa shape index (κ3) is 1.70. The van der Waals surface area contributed by atoms with E-state index in [-0.39, 0.29) is 12.8 Å². The van der Waals surface area contributed by atoms with Gasteiger partial charge in [-0.2, -0.15) is 0 Å². The molecule has 2 N–H and O–H groups in total. The molecule has 2 aromatic heterocycles. The number of imidazole rings is 1. The van der Waals surface area contributed by atoms with Crippen LogP contribution in [0.2, 0.25) is 0 Å². The van der Waals surface area contributed by atoms with Crippen molar-refractivity contribution in [2.24, 2.45) is 0 Å². The van der Waals surface area contributed by atoms with Crippen molar-refractivity contribution in [3.63, 3.8) is 0 Å². The van der Waals surface area contributed by atoms with Gasteiger partial charge in [-0.05, 0) is 12.1 Å².